The molecule has 0 spiro atoms. The van der Waals surface area contributed by atoms with E-state index in [1.807, 2.05) is 25.1 Å². The first-order valence-electron chi connectivity index (χ1n) is 18.4. The first kappa shape index (κ1) is 37.8. The molecule has 10 nitrogen and oxygen atoms in total. The zero-order valence-electron chi connectivity index (χ0n) is 30.0. The quantitative estimate of drug-likeness (QED) is 0.329. The Hall–Kier alpha value is -2.96. The van der Waals surface area contributed by atoms with Crippen molar-refractivity contribution in [1.29, 1.82) is 0 Å². The number of carbonyl (C=O) groups is 2. The van der Waals surface area contributed by atoms with Crippen LogP contribution in [0.2, 0.25) is 5.02 Å². The van der Waals surface area contributed by atoms with Gasteiger partial charge < -0.3 is 23.8 Å². The second kappa shape index (κ2) is 17.2. The summed E-state index contributed by atoms with van der Waals surface area (Å²) in [6, 6.07) is 11.4. The number of allylic oxidation sites excluding steroid dienone is 1. The number of fused-ring (bicyclic) bond motifs is 3. The highest BCUT2D eigenvalue weighted by molar-refractivity contribution is 7.93. The summed E-state index contributed by atoms with van der Waals surface area (Å²) in [6.07, 6.45) is 10.8. The van der Waals surface area contributed by atoms with E-state index in [9.17, 15) is 13.8 Å². The Kier molecular flexibility index (Phi) is 12.8. The summed E-state index contributed by atoms with van der Waals surface area (Å²) in [6.45, 7) is 6.49. The third-order valence-corrected chi connectivity index (χ3v) is 13.7. The second-order valence-corrected chi connectivity index (χ2v) is 17.1. The lowest BCUT2D eigenvalue weighted by atomic mass is 9.70. The van der Waals surface area contributed by atoms with E-state index in [2.05, 4.69) is 38.3 Å². The van der Waals surface area contributed by atoms with Crippen molar-refractivity contribution in [2.75, 3.05) is 45.0 Å². The Bertz CT molecular complexity index is 1700. The van der Waals surface area contributed by atoms with Crippen LogP contribution in [-0.2, 0) is 41.9 Å². The number of carbonyl (C=O) groups excluding carboxylic acids is 2. The Balaban J connectivity index is 1.40. The van der Waals surface area contributed by atoms with Gasteiger partial charge in [-0.2, -0.15) is 0 Å². The van der Waals surface area contributed by atoms with Crippen LogP contribution in [0.15, 0.2) is 52.9 Å². The zero-order valence-corrected chi connectivity index (χ0v) is 31.6. The minimum atomic E-state index is -3.58. The van der Waals surface area contributed by atoms with Crippen LogP contribution in [0.4, 0.5) is 5.69 Å². The average molecular weight is 742 g/mol. The van der Waals surface area contributed by atoms with Gasteiger partial charge in [0, 0.05) is 44.0 Å². The van der Waals surface area contributed by atoms with Gasteiger partial charge in [-0.15, -0.1) is 4.36 Å². The molecule has 6 atom stereocenters. The minimum absolute atomic E-state index is 0.0751. The number of nitrogens with one attached hydrogen (secondary N) is 1. The molecule has 1 N–H and O–H groups in total. The molecule has 1 saturated heterocycles. The van der Waals surface area contributed by atoms with Gasteiger partial charge in [0.25, 0.3) is 11.8 Å². The molecule has 4 aliphatic rings. The topological polar surface area (TPSA) is 116 Å². The lowest BCUT2D eigenvalue weighted by Crippen LogP contribution is -2.43. The number of nitrogens with zero attached hydrogens (tertiary/aromatic N) is 2. The van der Waals surface area contributed by atoms with Crippen LogP contribution >= 0.6 is 11.6 Å². The fourth-order valence-corrected chi connectivity index (χ4v) is 9.60. The molecular formula is C39H52ClN3O7S. The van der Waals surface area contributed by atoms with Crippen LogP contribution in [0.5, 0.6) is 5.75 Å². The molecule has 2 aromatic rings. The smallest absolute Gasteiger partial charge is 0.286 e. The van der Waals surface area contributed by atoms with Crippen molar-refractivity contribution in [3.63, 3.8) is 0 Å². The number of hydrogen-bond donors (Lipinski definition) is 1. The van der Waals surface area contributed by atoms with E-state index in [-0.39, 0.29) is 30.3 Å². The van der Waals surface area contributed by atoms with Crippen LogP contribution in [-0.4, -0.2) is 73.6 Å². The lowest BCUT2D eigenvalue weighted by Gasteiger charge is -2.43. The summed E-state index contributed by atoms with van der Waals surface area (Å²) in [5.41, 5.74) is 3.45. The van der Waals surface area contributed by atoms with Crippen molar-refractivity contribution < 1.29 is 32.7 Å². The minimum Gasteiger partial charge on any atom is -0.491 e. The van der Waals surface area contributed by atoms with Crippen molar-refractivity contribution in [2.45, 2.75) is 89.2 Å². The van der Waals surface area contributed by atoms with E-state index in [0.29, 0.717) is 68.2 Å². The van der Waals surface area contributed by atoms with Gasteiger partial charge in [0.05, 0.1) is 29.8 Å². The van der Waals surface area contributed by atoms with Gasteiger partial charge in [0.1, 0.15) is 22.3 Å². The number of rotatable bonds is 5. The first-order valence-corrected chi connectivity index (χ1v) is 20.4. The largest absolute Gasteiger partial charge is 0.491 e. The van der Waals surface area contributed by atoms with Crippen LogP contribution < -0.4 is 14.4 Å². The van der Waals surface area contributed by atoms with Crippen LogP contribution in [0.25, 0.3) is 0 Å². The molecule has 1 unspecified atom stereocenters. The van der Waals surface area contributed by atoms with Crippen LogP contribution in [0, 0.1) is 17.8 Å². The van der Waals surface area contributed by atoms with Gasteiger partial charge in [-0.25, -0.2) is 4.21 Å². The molecule has 6 rings (SSSR count). The van der Waals surface area contributed by atoms with Gasteiger partial charge in [-0.3, -0.25) is 14.3 Å². The lowest BCUT2D eigenvalue weighted by molar-refractivity contribution is -0.128. The summed E-state index contributed by atoms with van der Waals surface area (Å²) >= 11 is 6.47. The Morgan fingerprint density at radius 3 is 2.65 bits per heavy atom. The number of aryl methyl sites for hydroxylation is 1. The first-order chi connectivity index (χ1) is 24.6. The molecule has 51 heavy (non-hydrogen) atoms. The van der Waals surface area contributed by atoms with Crippen molar-refractivity contribution in [1.82, 2.24) is 4.72 Å². The molecule has 0 radical (unpaired) electrons. The molecule has 1 saturated carbocycles. The van der Waals surface area contributed by atoms with E-state index >= 15 is 0 Å². The molecule has 2 aromatic carbocycles. The molecule has 2 bridgehead atoms. The Morgan fingerprint density at radius 1 is 1.06 bits per heavy atom. The summed E-state index contributed by atoms with van der Waals surface area (Å²) in [5, 5.41) is 0.0675. The monoisotopic (exact) mass is 741 g/mol. The molecular weight excluding hydrogens is 690 g/mol. The zero-order chi connectivity index (χ0) is 36.0. The van der Waals surface area contributed by atoms with E-state index in [1.165, 1.54) is 11.1 Å². The third-order valence-electron chi connectivity index (χ3n) is 11.0. The van der Waals surface area contributed by atoms with Crippen LogP contribution in [0.3, 0.4) is 0 Å². The van der Waals surface area contributed by atoms with Gasteiger partial charge in [0.15, 0.2) is 0 Å². The highest BCUT2D eigenvalue weighted by atomic mass is 35.5. The normalized spacial score (nSPS) is 29.9. The number of halogens is 1. The highest BCUT2D eigenvalue weighted by Gasteiger charge is 2.38. The number of hydrogen-bond acceptors (Lipinski definition) is 8. The summed E-state index contributed by atoms with van der Waals surface area (Å²) < 4.78 is 45.4. The molecule has 3 aliphatic heterocycles. The van der Waals surface area contributed by atoms with Gasteiger partial charge in [-0.1, -0.05) is 36.7 Å². The Morgan fingerprint density at radius 2 is 1.88 bits per heavy atom. The molecule has 12 heteroatoms. The molecule has 2 fully saturated rings. The van der Waals surface area contributed by atoms with Gasteiger partial charge >= 0.3 is 0 Å². The molecule has 2 amide bonds. The third kappa shape index (κ3) is 9.35. The number of benzene rings is 2. The summed E-state index contributed by atoms with van der Waals surface area (Å²) in [4.78, 5) is 29.6. The molecule has 0 aromatic heterocycles. The number of ether oxygens (including phenoxy) is 4. The maximum atomic E-state index is 14.7. The molecule has 1 aliphatic carbocycles. The number of amides is 2. The summed E-state index contributed by atoms with van der Waals surface area (Å²) in [5.74, 6) is -0.0306. The fourth-order valence-electron chi connectivity index (χ4n) is 7.52. The van der Waals surface area contributed by atoms with Crippen molar-refractivity contribution >= 4 is 39.0 Å². The second-order valence-electron chi connectivity index (χ2n) is 14.4. The van der Waals surface area contributed by atoms with E-state index in [1.54, 1.807) is 20.1 Å². The summed E-state index contributed by atoms with van der Waals surface area (Å²) in [7, 11) is -1.82. The van der Waals surface area contributed by atoms with Crippen molar-refractivity contribution in [3.8, 4) is 5.75 Å². The van der Waals surface area contributed by atoms with Crippen LogP contribution in [0.1, 0.15) is 80.3 Å². The molecule has 3 heterocycles. The van der Waals surface area contributed by atoms with E-state index in [4.69, 9.17) is 30.5 Å². The van der Waals surface area contributed by atoms with Crippen molar-refractivity contribution in [3.05, 3.63) is 70.3 Å². The number of methoxy groups -OCH3 is 1. The average Bonchev–Trinajstić information content (AvgIpc) is 3.14. The maximum Gasteiger partial charge on any atom is 0.286 e. The van der Waals surface area contributed by atoms with Gasteiger partial charge in [-0.05, 0) is 118 Å². The van der Waals surface area contributed by atoms with E-state index < -0.39 is 27.0 Å². The highest BCUT2D eigenvalue weighted by Crippen LogP contribution is 2.42. The van der Waals surface area contributed by atoms with Gasteiger partial charge in [0.2, 0.25) is 0 Å². The fraction of sp³-hybridized carbons (Fsp3) is 0.590. The van der Waals surface area contributed by atoms with Crippen molar-refractivity contribution in [2.24, 2.45) is 22.1 Å². The van der Waals surface area contributed by atoms with E-state index in [0.717, 1.165) is 44.3 Å². The predicted octanol–water partition coefficient (Wildman–Crippen LogP) is 6.92. The Labute approximate surface area is 307 Å². The number of anilines is 1. The standard InChI is InChI=1S/C39H52ClN3O7S/c1-26-7-6-9-36(47-3)34-14-11-31(34)24-43-23-30-10-13-32(40)21-28(30)8-4-5-18-49-37-15-12-29(22-35(37)43)39(45)42-51(46,27(26)2)41-38(44)25-50-33-16-19-48-20-17-33/h6,9-10,12-13,15,21-22,26-27,31,33-34,36H,4-5,7-8,11,14,16-20,23-25H2,1-3H3,(H,41,42,44,45,46)/b9-6+/t26-,27+,31-,34+,36-,51?/m0/s1. The predicted molar refractivity (Wildman–Crippen MR) is 200 cm³/mol. The molecule has 278 valence electrons. The maximum absolute atomic E-state index is 14.7. The SMILES string of the molecule is CO[C@H]1/C=C/C[C@H](C)[C@@H](C)S(=O)(NC(=O)COC2CCOCC2)=NC(=O)c2ccc3c(c2)N(Cc2ccc(Cl)cc2CCCCO3)C[C@@H]2CC[C@H]21.